The quantitative estimate of drug-likeness (QED) is 0.744. The topological polar surface area (TPSA) is 92.5 Å². The van der Waals surface area contributed by atoms with Gasteiger partial charge in [0.05, 0.1) is 10.6 Å². The van der Waals surface area contributed by atoms with Crippen LogP contribution in [0.25, 0.3) is 0 Å². The van der Waals surface area contributed by atoms with Crippen LogP contribution in [0.2, 0.25) is 0 Å². The van der Waals surface area contributed by atoms with Crippen molar-refractivity contribution in [1.29, 1.82) is 0 Å². The minimum Gasteiger partial charge on any atom is -0.360 e. The molecular formula is C18H17N3O4S. The number of nitrogens with one attached hydrogen (secondary N) is 1. The Bertz CT molecular complexity index is 1030. The van der Waals surface area contributed by atoms with Crippen LogP contribution in [-0.2, 0) is 10.0 Å². The summed E-state index contributed by atoms with van der Waals surface area (Å²) >= 11 is 0. The molecule has 0 atom stereocenters. The van der Waals surface area contributed by atoms with Gasteiger partial charge in [-0.25, -0.2) is 8.42 Å². The van der Waals surface area contributed by atoms with Gasteiger partial charge in [-0.3, -0.25) is 9.10 Å². The van der Waals surface area contributed by atoms with E-state index in [1.807, 2.05) is 0 Å². The van der Waals surface area contributed by atoms with Gasteiger partial charge < -0.3 is 9.84 Å². The number of amides is 1. The third-order valence-corrected chi connectivity index (χ3v) is 5.54. The first-order valence-corrected chi connectivity index (χ1v) is 9.20. The second-order valence-corrected chi connectivity index (χ2v) is 7.58. The first kappa shape index (κ1) is 17.7. The van der Waals surface area contributed by atoms with Crippen molar-refractivity contribution in [2.45, 2.75) is 11.8 Å². The molecule has 0 fully saturated rings. The first-order chi connectivity index (χ1) is 12.4. The van der Waals surface area contributed by atoms with Crippen molar-refractivity contribution in [3.63, 3.8) is 0 Å². The summed E-state index contributed by atoms with van der Waals surface area (Å²) in [5.74, 6) is 0.455. The highest BCUT2D eigenvalue weighted by molar-refractivity contribution is 7.92. The summed E-state index contributed by atoms with van der Waals surface area (Å²) in [5.41, 5.74) is 0.677. The van der Waals surface area contributed by atoms with Crippen LogP contribution in [0.4, 0.5) is 11.5 Å². The van der Waals surface area contributed by atoms with E-state index in [1.54, 1.807) is 49.4 Å². The molecule has 0 aliphatic heterocycles. The van der Waals surface area contributed by atoms with E-state index in [9.17, 15) is 13.2 Å². The van der Waals surface area contributed by atoms with Gasteiger partial charge in [-0.05, 0) is 37.3 Å². The number of anilines is 2. The fourth-order valence-corrected chi connectivity index (χ4v) is 3.55. The summed E-state index contributed by atoms with van der Waals surface area (Å²) in [6.45, 7) is 1.71. The van der Waals surface area contributed by atoms with Crippen LogP contribution in [0.1, 0.15) is 16.1 Å². The Morgan fingerprint density at radius 1 is 1.08 bits per heavy atom. The summed E-state index contributed by atoms with van der Waals surface area (Å²) < 4.78 is 31.5. The molecule has 0 bridgehead atoms. The van der Waals surface area contributed by atoms with Crippen molar-refractivity contribution in [3.8, 4) is 0 Å². The highest BCUT2D eigenvalue weighted by atomic mass is 32.2. The summed E-state index contributed by atoms with van der Waals surface area (Å²) in [4.78, 5) is 12.5. The molecular weight excluding hydrogens is 354 g/mol. The molecule has 8 heteroatoms. The van der Waals surface area contributed by atoms with E-state index in [1.165, 1.54) is 25.2 Å². The smallest absolute Gasteiger partial charge is 0.264 e. The molecule has 0 saturated heterocycles. The van der Waals surface area contributed by atoms with Crippen molar-refractivity contribution in [1.82, 2.24) is 5.16 Å². The number of sulfonamides is 1. The summed E-state index contributed by atoms with van der Waals surface area (Å²) in [7, 11) is -2.27. The van der Waals surface area contributed by atoms with Gasteiger partial charge in [-0.1, -0.05) is 29.4 Å². The zero-order valence-corrected chi connectivity index (χ0v) is 15.0. The lowest BCUT2D eigenvalue weighted by atomic mass is 10.2. The van der Waals surface area contributed by atoms with Crippen molar-refractivity contribution >= 4 is 27.4 Å². The molecule has 1 N–H and O–H groups in total. The zero-order valence-electron chi connectivity index (χ0n) is 14.2. The van der Waals surface area contributed by atoms with Crippen LogP contribution < -0.4 is 9.62 Å². The number of carbonyl (C=O) groups is 1. The predicted octanol–water partition coefficient (Wildman–Crippen LogP) is 3.06. The Balaban J connectivity index is 1.85. The Morgan fingerprint density at radius 2 is 1.81 bits per heavy atom. The second-order valence-electron chi connectivity index (χ2n) is 5.61. The molecule has 0 radical (unpaired) electrons. The largest absolute Gasteiger partial charge is 0.360 e. The van der Waals surface area contributed by atoms with Crippen molar-refractivity contribution in [2.24, 2.45) is 0 Å². The molecule has 26 heavy (non-hydrogen) atoms. The molecule has 0 aliphatic rings. The standard InChI is InChI=1S/C18H17N3O4S/c1-13-11-17(20-25-13)19-18(22)14-7-6-8-15(12-14)21(2)26(23,24)16-9-4-3-5-10-16/h3-12H,1-2H3,(H,19,20,22). The summed E-state index contributed by atoms with van der Waals surface area (Å²) in [5, 5.41) is 6.31. The number of aryl methyl sites for hydroxylation is 1. The maximum atomic E-state index is 12.7. The number of hydrogen-bond acceptors (Lipinski definition) is 5. The second kappa shape index (κ2) is 7.01. The molecule has 7 nitrogen and oxygen atoms in total. The van der Waals surface area contributed by atoms with Crippen LogP contribution in [-0.4, -0.2) is 26.5 Å². The number of aromatic nitrogens is 1. The van der Waals surface area contributed by atoms with Crippen LogP contribution in [0, 0.1) is 6.92 Å². The fraction of sp³-hybridized carbons (Fsp3) is 0.111. The lowest BCUT2D eigenvalue weighted by molar-refractivity contribution is 0.102. The van der Waals surface area contributed by atoms with Crippen LogP contribution in [0.3, 0.4) is 0 Å². The maximum Gasteiger partial charge on any atom is 0.264 e. The summed E-state index contributed by atoms with van der Waals surface area (Å²) in [6, 6.07) is 16.0. The molecule has 0 aliphatic carbocycles. The van der Waals surface area contributed by atoms with E-state index < -0.39 is 15.9 Å². The number of nitrogens with zero attached hydrogens (tertiary/aromatic N) is 2. The molecule has 0 spiro atoms. The number of benzene rings is 2. The highest BCUT2D eigenvalue weighted by Gasteiger charge is 2.21. The fourth-order valence-electron chi connectivity index (χ4n) is 2.35. The molecule has 3 aromatic rings. The molecule has 1 amide bonds. The summed E-state index contributed by atoms with van der Waals surface area (Å²) in [6.07, 6.45) is 0. The van der Waals surface area contributed by atoms with E-state index in [4.69, 9.17) is 4.52 Å². The number of rotatable bonds is 5. The zero-order chi connectivity index (χ0) is 18.7. The molecule has 2 aromatic carbocycles. The predicted molar refractivity (Wildman–Crippen MR) is 97.7 cm³/mol. The molecule has 0 saturated carbocycles. The minimum atomic E-state index is -3.72. The normalized spacial score (nSPS) is 11.2. The average molecular weight is 371 g/mol. The third kappa shape index (κ3) is 3.60. The first-order valence-electron chi connectivity index (χ1n) is 7.76. The van der Waals surface area contributed by atoms with Gasteiger partial charge in [0.2, 0.25) is 0 Å². The molecule has 1 aromatic heterocycles. The maximum absolute atomic E-state index is 12.7. The van der Waals surface area contributed by atoms with Gasteiger partial charge in [-0.15, -0.1) is 0 Å². The van der Waals surface area contributed by atoms with Crippen LogP contribution in [0.5, 0.6) is 0 Å². The van der Waals surface area contributed by atoms with Gasteiger partial charge in [0.15, 0.2) is 5.82 Å². The molecule has 134 valence electrons. The van der Waals surface area contributed by atoms with Crippen molar-refractivity contribution < 1.29 is 17.7 Å². The van der Waals surface area contributed by atoms with E-state index in [0.29, 0.717) is 22.8 Å². The Labute approximate surface area is 151 Å². The minimum absolute atomic E-state index is 0.176. The number of hydrogen-bond donors (Lipinski definition) is 1. The van der Waals surface area contributed by atoms with Crippen molar-refractivity contribution in [2.75, 3.05) is 16.7 Å². The monoisotopic (exact) mass is 371 g/mol. The van der Waals surface area contributed by atoms with Crippen LogP contribution in [0.15, 0.2) is 70.1 Å². The number of carbonyl (C=O) groups excluding carboxylic acids is 1. The molecule has 1 heterocycles. The van der Waals surface area contributed by atoms with Crippen LogP contribution >= 0.6 is 0 Å². The molecule has 0 unspecified atom stereocenters. The highest BCUT2D eigenvalue weighted by Crippen LogP contribution is 2.23. The van der Waals surface area contributed by atoms with Gasteiger partial charge >= 0.3 is 0 Å². The lowest BCUT2D eigenvalue weighted by Gasteiger charge is -2.20. The van der Waals surface area contributed by atoms with Gasteiger partial charge in [0, 0.05) is 18.7 Å². The third-order valence-electron chi connectivity index (χ3n) is 3.74. The van der Waals surface area contributed by atoms with Crippen molar-refractivity contribution in [3.05, 3.63) is 72.0 Å². The van der Waals surface area contributed by atoms with E-state index in [-0.39, 0.29) is 4.90 Å². The Hall–Kier alpha value is -3.13. The van der Waals surface area contributed by atoms with E-state index in [0.717, 1.165) is 4.31 Å². The molecule has 3 rings (SSSR count). The SMILES string of the molecule is Cc1cc(NC(=O)c2cccc(N(C)S(=O)(=O)c3ccccc3)c2)no1. The lowest BCUT2D eigenvalue weighted by Crippen LogP contribution is -2.26. The van der Waals surface area contributed by atoms with E-state index >= 15 is 0 Å². The Morgan fingerprint density at radius 3 is 2.46 bits per heavy atom. The van der Waals surface area contributed by atoms with Gasteiger partial charge in [0.25, 0.3) is 15.9 Å². The van der Waals surface area contributed by atoms with Gasteiger partial charge in [0.1, 0.15) is 5.76 Å². The van der Waals surface area contributed by atoms with E-state index in [2.05, 4.69) is 10.5 Å². The van der Waals surface area contributed by atoms with Gasteiger partial charge in [-0.2, -0.15) is 0 Å². The average Bonchev–Trinajstić information content (AvgIpc) is 3.06. The Kier molecular flexibility index (Phi) is 4.77.